The fourth-order valence-electron chi connectivity index (χ4n) is 1.65. The van der Waals surface area contributed by atoms with E-state index in [1.807, 2.05) is 0 Å². The smallest absolute Gasteiger partial charge is 0.223 e. The fourth-order valence-corrected chi connectivity index (χ4v) is 1.84. The van der Waals surface area contributed by atoms with Crippen LogP contribution in [0.3, 0.4) is 0 Å². The molecule has 0 spiro atoms. The second-order valence-electron chi connectivity index (χ2n) is 3.26. The molecular weight excluding hydrogens is 186 g/mol. The Bertz CT molecular complexity index is 196. The lowest BCUT2D eigenvalue weighted by Gasteiger charge is -2.32. The van der Waals surface area contributed by atoms with Crippen molar-refractivity contribution < 1.29 is 9.59 Å². The van der Waals surface area contributed by atoms with Crippen LogP contribution in [0.25, 0.3) is 0 Å². The van der Waals surface area contributed by atoms with E-state index in [4.69, 9.17) is 0 Å². The minimum absolute atomic E-state index is 0.0619. The summed E-state index contributed by atoms with van der Waals surface area (Å²) in [5, 5.41) is 0. The second-order valence-corrected chi connectivity index (χ2v) is 3.71. The van der Waals surface area contributed by atoms with Gasteiger partial charge in [0.1, 0.15) is 6.29 Å². The number of thiol groups is 1. The second kappa shape index (κ2) is 5.27. The summed E-state index contributed by atoms with van der Waals surface area (Å²) in [6.45, 7) is 0.732. The molecule has 1 atom stereocenters. The summed E-state index contributed by atoms with van der Waals surface area (Å²) >= 11 is 4.00. The lowest BCUT2D eigenvalue weighted by Crippen LogP contribution is -2.44. The highest BCUT2D eigenvalue weighted by Crippen LogP contribution is 2.16. The minimum atomic E-state index is -0.180. The topological polar surface area (TPSA) is 37.4 Å². The predicted molar refractivity (Wildman–Crippen MR) is 53.9 cm³/mol. The maximum absolute atomic E-state index is 11.5. The van der Waals surface area contributed by atoms with E-state index in [9.17, 15) is 9.59 Å². The highest BCUT2D eigenvalue weighted by molar-refractivity contribution is 7.80. The van der Waals surface area contributed by atoms with Crippen molar-refractivity contribution in [1.82, 2.24) is 4.90 Å². The van der Waals surface area contributed by atoms with Crippen molar-refractivity contribution in [2.75, 3.05) is 12.3 Å². The molecule has 0 aromatic heterocycles. The predicted octanol–water partition coefficient (Wildman–Crippen LogP) is 0.886. The molecule has 13 heavy (non-hydrogen) atoms. The molecule has 1 heterocycles. The number of hydrogen-bond acceptors (Lipinski definition) is 3. The van der Waals surface area contributed by atoms with Gasteiger partial charge in [0.15, 0.2) is 0 Å². The quantitative estimate of drug-likeness (QED) is 0.544. The van der Waals surface area contributed by atoms with Crippen molar-refractivity contribution in [3.8, 4) is 0 Å². The minimum Gasteiger partial charge on any atom is -0.333 e. The molecular formula is C9H15NO2S. The summed E-state index contributed by atoms with van der Waals surface area (Å²) < 4.78 is 0. The molecule has 1 aliphatic rings. The molecule has 1 amide bonds. The molecule has 0 radical (unpaired) electrons. The number of likely N-dealkylation sites (tertiary alicyclic amines) is 1. The number of aldehydes is 1. The van der Waals surface area contributed by atoms with Crippen LogP contribution in [0.1, 0.15) is 25.7 Å². The van der Waals surface area contributed by atoms with Crippen molar-refractivity contribution >= 4 is 24.8 Å². The average molecular weight is 201 g/mol. The molecule has 0 aliphatic carbocycles. The van der Waals surface area contributed by atoms with Crippen LogP contribution in [0.2, 0.25) is 0 Å². The monoisotopic (exact) mass is 201 g/mol. The van der Waals surface area contributed by atoms with Gasteiger partial charge in [-0.15, -0.1) is 0 Å². The third-order valence-corrected chi connectivity index (χ3v) is 2.58. The first-order valence-corrected chi connectivity index (χ1v) is 5.28. The molecule has 1 saturated heterocycles. The van der Waals surface area contributed by atoms with Crippen LogP contribution in [-0.2, 0) is 9.59 Å². The Morgan fingerprint density at radius 3 is 2.92 bits per heavy atom. The highest BCUT2D eigenvalue weighted by atomic mass is 32.1. The maximum Gasteiger partial charge on any atom is 0.223 e. The first-order chi connectivity index (χ1) is 6.29. The maximum atomic E-state index is 11.5. The number of carbonyl (C=O) groups is 2. The van der Waals surface area contributed by atoms with Crippen LogP contribution in [0, 0.1) is 0 Å². The van der Waals surface area contributed by atoms with Crippen LogP contribution in [0.5, 0.6) is 0 Å². The Morgan fingerprint density at radius 2 is 2.31 bits per heavy atom. The molecule has 4 heteroatoms. The third kappa shape index (κ3) is 2.72. The van der Waals surface area contributed by atoms with Gasteiger partial charge in [-0.05, 0) is 25.0 Å². The average Bonchev–Trinajstić information content (AvgIpc) is 2.18. The first-order valence-electron chi connectivity index (χ1n) is 4.65. The van der Waals surface area contributed by atoms with Crippen LogP contribution < -0.4 is 0 Å². The van der Waals surface area contributed by atoms with E-state index >= 15 is 0 Å². The van der Waals surface area contributed by atoms with Gasteiger partial charge >= 0.3 is 0 Å². The lowest BCUT2D eigenvalue weighted by atomic mass is 10.0. The van der Waals surface area contributed by atoms with Crippen LogP contribution in [0.15, 0.2) is 0 Å². The number of rotatable bonds is 3. The highest BCUT2D eigenvalue weighted by Gasteiger charge is 2.25. The van der Waals surface area contributed by atoms with Gasteiger partial charge < -0.3 is 9.69 Å². The Kier molecular flexibility index (Phi) is 4.28. The number of hydrogen-bond donors (Lipinski definition) is 1. The summed E-state index contributed by atoms with van der Waals surface area (Å²) in [7, 11) is 0. The standard InChI is InChI=1S/C9H15NO2S/c11-7-8-3-1-2-5-10(8)9(12)4-6-13/h7-8,13H,1-6H2. The van der Waals surface area contributed by atoms with E-state index in [1.165, 1.54) is 0 Å². The lowest BCUT2D eigenvalue weighted by molar-refractivity contribution is -0.137. The molecule has 3 nitrogen and oxygen atoms in total. The zero-order chi connectivity index (χ0) is 9.68. The first kappa shape index (κ1) is 10.6. The van der Waals surface area contributed by atoms with Gasteiger partial charge in [0.2, 0.25) is 5.91 Å². The molecule has 0 aromatic rings. The number of carbonyl (C=O) groups excluding carboxylic acids is 2. The Balaban J connectivity index is 2.53. The van der Waals surface area contributed by atoms with Crippen molar-refractivity contribution in [3.05, 3.63) is 0 Å². The molecule has 74 valence electrons. The molecule has 0 bridgehead atoms. The van der Waals surface area contributed by atoms with E-state index in [0.717, 1.165) is 32.1 Å². The summed E-state index contributed by atoms with van der Waals surface area (Å²) in [5.41, 5.74) is 0. The van der Waals surface area contributed by atoms with Gasteiger partial charge in [-0.3, -0.25) is 4.79 Å². The van der Waals surface area contributed by atoms with Gasteiger partial charge in [-0.1, -0.05) is 0 Å². The van der Waals surface area contributed by atoms with E-state index in [-0.39, 0.29) is 11.9 Å². The summed E-state index contributed by atoms with van der Waals surface area (Å²) in [6, 6.07) is -0.180. The molecule has 1 aliphatic heterocycles. The molecule has 0 aromatic carbocycles. The SMILES string of the molecule is O=CC1CCCCN1C(=O)CCS. The van der Waals surface area contributed by atoms with Gasteiger partial charge in [0, 0.05) is 13.0 Å². The van der Waals surface area contributed by atoms with E-state index in [0.29, 0.717) is 12.2 Å². The summed E-state index contributed by atoms with van der Waals surface area (Å²) in [4.78, 5) is 23.8. The summed E-state index contributed by atoms with van der Waals surface area (Å²) in [6.07, 6.45) is 4.21. The Hall–Kier alpha value is -0.510. The van der Waals surface area contributed by atoms with E-state index in [2.05, 4.69) is 12.6 Å². The Morgan fingerprint density at radius 1 is 1.54 bits per heavy atom. The molecule has 1 rings (SSSR count). The number of nitrogens with zero attached hydrogens (tertiary/aromatic N) is 1. The zero-order valence-electron chi connectivity index (χ0n) is 7.61. The van der Waals surface area contributed by atoms with Crippen molar-refractivity contribution in [3.63, 3.8) is 0 Å². The van der Waals surface area contributed by atoms with Gasteiger partial charge in [0.25, 0.3) is 0 Å². The molecule has 1 unspecified atom stereocenters. The van der Waals surface area contributed by atoms with Gasteiger partial charge in [-0.25, -0.2) is 0 Å². The number of piperidine rings is 1. The van der Waals surface area contributed by atoms with E-state index < -0.39 is 0 Å². The van der Waals surface area contributed by atoms with Crippen LogP contribution >= 0.6 is 12.6 Å². The Labute approximate surface area is 83.9 Å². The zero-order valence-corrected chi connectivity index (χ0v) is 8.50. The third-order valence-electron chi connectivity index (χ3n) is 2.35. The van der Waals surface area contributed by atoms with Crippen molar-refractivity contribution in [2.24, 2.45) is 0 Å². The number of amides is 1. The van der Waals surface area contributed by atoms with Gasteiger partial charge in [-0.2, -0.15) is 12.6 Å². The normalized spacial score (nSPS) is 22.8. The van der Waals surface area contributed by atoms with Gasteiger partial charge in [0.05, 0.1) is 6.04 Å². The summed E-state index contributed by atoms with van der Waals surface area (Å²) in [5.74, 6) is 0.618. The molecule has 0 N–H and O–H groups in total. The van der Waals surface area contributed by atoms with Crippen molar-refractivity contribution in [1.29, 1.82) is 0 Å². The fraction of sp³-hybridized carbons (Fsp3) is 0.778. The van der Waals surface area contributed by atoms with E-state index in [1.54, 1.807) is 4.90 Å². The molecule has 0 saturated carbocycles. The largest absolute Gasteiger partial charge is 0.333 e. The molecule has 1 fully saturated rings. The van der Waals surface area contributed by atoms with Crippen molar-refractivity contribution in [2.45, 2.75) is 31.7 Å². The van der Waals surface area contributed by atoms with Crippen LogP contribution in [0.4, 0.5) is 0 Å². The van der Waals surface area contributed by atoms with Crippen LogP contribution in [-0.4, -0.2) is 35.4 Å².